The second-order valence-electron chi connectivity index (χ2n) is 4.15. The van der Waals surface area contributed by atoms with Crippen molar-refractivity contribution in [2.24, 2.45) is 0 Å². The maximum absolute atomic E-state index is 13.1. The van der Waals surface area contributed by atoms with E-state index in [9.17, 15) is 4.39 Å². The summed E-state index contributed by atoms with van der Waals surface area (Å²) in [6, 6.07) is 4.71. The molecule has 1 aromatic carbocycles. The van der Waals surface area contributed by atoms with Crippen LogP contribution in [-0.2, 0) is 12.4 Å². The highest BCUT2D eigenvalue weighted by atomic mass is 35.5. The van der Waals surface area contributed by atoms with Gasteiger partial charge in [-0.05, 0) is 37.0 Å². The Hall–Kier alpha value is -0.740. The van der Waals surface area contributed by atoms with E-state index < -0.39 is 0 Å². The lowest BCUT2D eigenvalue weighted by Crippen LogP contribution is -2.02. The van der Waals surface area contributed by atoms with Crippen molar-refractivity contribution in [2.45, 2.75) is 25.3 Å². The van der Waals surface area contributed by atoms with Gasteiger partial charge in [0, 0.05) is 12.6 Å². The third-order valence-electron chi connectivity index (χ3n) is 2.89. The molecule has 2 rings (SSSR count). The summed E-state index contributed by atoms with van der Waals surface area (Å²) in [6.45, 7) is 0.894. The van der Waals surface area contributed by atoms with E-state index in [0.717, 1.165) is 30.1 Å². The highest BCUT2D eigenvalue weighted by Crippen LogP contribution is 2.19. The lowest BCUT2D eigenvalue weighted by molar-refractivity contribution is 0.626. The fourth-order valence-electron chi connectivity index (χ4n) is 2.02. The molecule has 98 valence electrons. The molecular formula is C13H16ClFN2S. The van der Waals surface area contributed by atoms with E-state index >= 15 is 0 Å². The third kappa shape index (κ3) is 2.98. The Bertz CT molecular complexity index is 527. The van der Waals surface area contributed by atoms with Gasteiger partial charge in [-0.3, -0.25) is 0 Å². The van der Waals surface area contributed by atoms with Gasteiger partial charge < -0.3 is 4.57 Å². The van der Waals surface area contributed by atoms with Crippen LogP contribution in [0.5, 0.6) is 0 Å². The summed E-state index contributed by atoms with van der Waals surface area (Å²) in [6.07, 6.45) is 4.37. The highest BCUT2D eigenvalue weighted by molar-refractivity contribution is 7.98. The van der Waals surface area contributed by atoms with Crippen LogP contribution in [0.15, 0.2) is 18.2 Å². The van der Waals surface area contributed by atoms with Crippen molar-refractivity contribution in [1.29, 1.82) is 0 Å². The molecule has 0 radical (unpaired) electrons. The second kappa shape index (κ2) is 6.43. The molecule has 0 N–H and O–H groups in total. The number of halogens is 2. The zero-order valence-electron chi connectivity index (χ0n) is 10.3. The van der Waals surface area contributed by atoms with E-state index in [1.807, 2.05) is 11.8 Å². The number of alkyl halides is 1. The Morgan fingerprint density at radius 1 is 1.39 bits per heavy atom. The maximum atomic E-state index is 13.1. The van der Waals surface area contributed by atoms with Crippen LogP contribution in [0.2, 0.25) is 0 Å². The zero-order chi connectivity index (χ0) is 13.0. The van der Waals surface area contributed by atoms with E-state index in [1.165, 1.54) is 18.6 Å². The Morgan fingerprint density at radius 2 is 2.22 bits per heavy atom. The van der Waals surface area contributed by atoms with Crippen LogP contribution in [0.25, 0.3) is 11.0 Å². The van der Waals surface area contributed by atoms with Crippen LogP contribution in [0.3, 0.4) is 0 Å². The van der Waals surface area contributed by atoms with E-state index in [-0.39, 0.29) is 5.82 Å². The van der Waals surface area contributed by atoms with Gasteiger partial charge in [-0.1, -0.05) is 0 Å². The molecule has 1 heterocycles. The van der Waals surface area contributed by atoms with Crippen molar-refractivity contribution in [3.63, 3.8) is 0 Å². The summed E-state index contributed by atoms with van der Waals surface area (Å²) in [5.41, 5.74) is 1.66. The average Bonchev–Trinajstić information content (AvgIpc) is 2.71. The number of hydrogen-bond donors (Lipinski definition) is 0. The van der Waals surface area contributed by atoms with E-state index in [2.05, 4.69) is 15.8 Å². The van der Waals surface area contributed by atoms with Gasteiger partial charge in [0.25, 0.3) is 0 Å². The molecule has 1 aromatic heterocycles. The first-order valence-electron chi connectivity index (χ1n) is 5.96. The predicted molar refractivity (Wildman–Crippen MR) is 76.9 cm³/mol. The molecule has 0 atom stereocenters. The Labute approximate surface area is 116 Å². The van der Waals surface area contributed by atoms with Gasteiger partial charge in [0.2, 0.25) is 0 Å². The Morgan fingerprint density at radius 3 is 2.94 bits per heavy atom. The Kier molecular flexibility index (Phi) is 4.89. The molecule has 0 unspecified atom stereocenters. The molecular weight excluding hydrogens is 271 g/mol. The molecule has 18 heavy (non-hydrogen) atoms. The minimum absolute atomic E-state index is 0.254. The largest absolute Gasteiger partial charge is 0.327 e. The van der Waals surface area contributed by atoms with Crippen LogP contribution < -0.4 is 0 Å². The first-order chi connectivity index (χ1) is 8.76. The zero-order valence-corrected chi connectivity index (χ0v) is 11.9. The van der Waals surface area contributed by atoms with Crippen LogP contribution in [0.1, 0.15) is 18.7 Å². The van der Waals surface area contributed by atoms with Crippen LogP contribution in [0.4, 0.5) is 4.39 Å². The summed E-state index contributed by atoms with van der Waals surface area (Å²) in [5, 5.41) is 0. The molecule has 0 saturated heterocycles. The maximum Gasteiger partial charge on any atom is 0.125 e. The van der Waals surface area contributed by atoms with Crippen molar-refractivity contribution in [3.05, 3.63) is 29.8 Å². The lowest BCUT2D eigenvalue weighted by atomic mass is 10.3. The molecule has 0 aliphatic rings. The Balaban J connectivity index is 2.23. The van der Waals surface area contributed by atoms with Gasteiger partial charge >= 0.3 is 0 Å². The van der Waals surface area contributed by atoms with E-state index in [0.29, 0.717) is 11.4 Å². The quantitative estimate of drug-likeness (QED) is 0.589. The van der Waals surface area contributed by atoms with Gasteiger partial charge in [0.15, 0.2) is 0 Å². The fraction of sp³-hybridized carbons (Fsp3) is 0.462. The lowest BCUT2D eigenvalue weighted by Gasteiger charge is -2.07. The number of rotatable bonds is 6. The van der Waals surface area contributed by atoms with Crippen molar-refractivity contribution >= 4 is 34.4 Å². The van der Waals surface area contributed by atoms with Crippen molar-refractivity contribution in [1.82, 2.24) is 9.55 Å². The van der Waals surface area contributed by atoms with Crippen molar-refractivity contribution in [2.75, 3.05) is 12.0 Å². The SMILES string of the molecule is CSCCCCn1c(CCl)nc2cc(F)ccc21. The molecule has 0 aliphatic carbocycles. The first-order valence-corrected chi connectivity index (χ1v) is 7.88. The predicted octanol–water partition coefficient (Wildman–Crippen LogP) is 4.06. The molecule has 0 fully saturated rings. The molecule has 2 aromatic rings. The monoisotopic (exact) mass is 286 g/mol. The van der Waals surface area contributed by atoms with Crippen molar-refractivity contribution < 1.29 is 4.39 Å². The number of nitrogens with zero attached hydrogens (tertiary/aromatic N) is 2. The molecule has 5 heteroatoms. The standard InChI is InChI=1S/C13H16ClFN2S/c1-18-7-3-2-6-17-12-5-4-10(15)8-11(12)16-13(17)9-14/h4-5,8H,2-3,6-7,9H2,1H3. The number of aromatic nitrogens is 2. The summed E-state index contributed by atoms with van der Waals surface area (Å²) in [7, 11) is 0. The summed E-state index contributed by atoms with van der Waals surface area (Å²) < 4.78 is 15.2. The molecule has 0 amide bonds. The second-order valence-corrected chi connectivity index (χ2v) is 5.40. The highest BCUT2D eigenvalue weighted by Gasteiger charge is 2.10. The number of aryl methyl sites for hydroxylation is 1. The summed E-state index contributed by atoms with van der Waals surface area (Å²) in [5.74, 6) is 2.09. The molecule has 0 saturated carbocycles. The number of unbranched alkanes of at least 4 members (excludes halogenated alkanes) is 1. The van der Waals surface area contributed by atoms with Crippen LogP contribution in [0, 0.1) is 5.82 Å². The minimum atomic E-state index is -0.254. The van der Waals surface area contributed by atoms with Gasteiger partial charge in [0.05, 0.1) is 16.9 Å². The molecule has 0 aliphatic heterocycles. The van der Waals surface area contributed by atoms with Gasteiger partial charge in [-0.2, -0.15) is 11.8 Å². The van der Waals surface area contributed by atoms with Crippen molar-refractivity contribution in [3.8, 4) is 0 Å². The number of hydrogen-bond acceptors (Lipinski definition) is 2. The molecule has 0 spiro atoms. The van der Waals surface area contributed by atoms with Gasteiger partial charge in [0.1, 0.15) is 11.6 Å². The topological polar surface area (TPSA) is 17.8 Å². The van der Waals surface area contributed by atoms with Gasteiger partial charge in [-0.15, -0.1) is 11.6 Å². The smallest absolute Gasteiger partial charge is 0.125 e. The first kappa shape index (κ1) is 13.7. The van der Waals surface area contributed by atoms with Gasteiger partial charge in [-0.25, -0.2) is 9.37 Å². The number of imidazole rings is 1. The number of fused-ring (bicyclic) bond motifs is 1. The molecule has 0 bridgehead atoms. The minimum Gasteiger partial charge on any atom is -0.327 e. The summed E-state index contributed by atoms with van der Waals surface area (Å²) >= 11 is 7.76. The third-order valence-corrected chi connectivity index (χ3v) is 3.83. The van der Waals surface area contributed by atoms with Crippen LogP contribution >= 0.6 is 23.4 Å². The normalized spacial score (nSPS) is 11.3. The number of benzene rings is 1. The van der Waals surface area contributed by atoms with E-state index in [1.54, 1.807) is 6.07 Å². The summed E-state index contributed by atoms with van der Waals surface area (Å²) in [4.78, 5) is 4.38. The van der Waals surface area contributed by atoms with Crippen LogP contribution in [-0.4, -0.2) is 21.6 Å². The van der Waals surface area contributed by atoms with E-state index in [4.69, 9.17) is 11.6 Å². The fourth-order valence-corrected chi connectivity index (χ4v) is 2.72. The molecule has 2 nitrogen and oxygen atoms in total. The average molecular weight is 287 g/mol. The number of thioether (sulfide) groups is 1.